The van der Waals surface area contributed by atoms with E-state index in [-0.39, 0.29) is 5.78 Å². The van der Waals surface area contributed by atoms with Gasteiger partial charge in [-0.3, -0.25) is 4.79 Å². The van der Waals surface area contributed by atoms with Gasteiger partial charge in [-0.2, -0.15) is 0 Å². The molecule has 1 unspecified atom stereocenters. The standard InChI is InChI=1S/C18H36O2/c1-4-5-6-7-8-9-10-11-12-13-14-15-16-18(3,20)17(2)19/h20H,4-16H2,1-3H3. The van der Waals surface area contributed by atoms with Crippen molar-refractivity contribution < 1.29 is 9.90 Å². The van der Waals surface area contributed by atoms with Crippen LogP contribution in [-0.2, 0) is 4.79 Å². The van der Waals surface area contributed by atoms with Crippen LogP contribution in [0.4, 0.5) is 0 Å². The van der Waals surface area contributed by atoms with Gasteiger partial charge in [0.15, 0.2) is 5.78 Å². The maximum Gasteiger partial charge on any atom is 0.160 e. The highest BCUT2D eigenvalue weighted by Crippen LogP contribution is 2.17. The Morgan fingerprint density at radius 2 is 1.15 bits per heavy atom. The summed E-state index contributed by atoms with van der Waals surface area (Å²) >= 11 is 0. The SMILES string of the molecule is CCCCCCCCCCCCCCC(C)(O)C(C)=O. The van der Waals surface area contributed by atoms with Gasteiger partial charge in [-0.05, 0) is 20.3 Å². The van der Waals surface area contributed by atoms with Gasteiger partial charge >= 0.3 is 0 Å². The number of Topliss-reactive ketones (excluding diaryl/α,β-unsaturated/α-hetero) is 1. The number of ketones is 1. The molecular formula is C18H36O2. The maximum atomic E-state index is 11.1. The van der Waals surface area contributed by atoms with E-state index in [0.29, 0.717) is 6.42 Å². The molecule has 0 heterocycles. The van der Waals surface area contributed by atoms with Crippen LogP contribution in [-0.4, -0.2) is 16.5 Å². The molecule has 0 aliphatic rings. The predicted molar refractivity (Wildman–Crippen MR) is 87.0 cm³/mol. The molecule has 1 N–H and O–H groups in total. The van der Waals surface area contributed by atoms with Crippen LogP contribution in [0.15, 0.2) is 0 Å². The lowest BCUT2D eigenvalue weighted by atomic mass is 9.94. The number of carbonyl (C=O) groups excluding carboxylic acids is 1. The molecule has 0 fully saturated rings. The Balaban J connectivity index is 3.19. The highest BCUT2D eigenvalue weighted by Gasteiger charge is 2.24. The van der Waals surface area contributed by atoms with E-state index in [9.17, 15) is 9.90 Å². The summed E-state index contributed by atoms with van der Waals surface area (Å²) in [4.78, 5) is 11.1. The molecule has 0 radical (unpaired) electrons. The van der Waals surface area contributed by atoms with Crippen molar-refractivity contribution in [1.82, 2.24) is 0 Å². The summed E-state index contributed by atoms with van der Waals surface area (Å²) in [6.07, 6.45) is 16.3. The number of carbonyl (C=O) groups is 1. The fourth-order valence-electron chi connectivity index (χ4n) is 2.49. The van der Waals surface area contributed by atoms with Crippen molar-refractivity contribution in [2.75, 3.05) is 0 Å². The third kappa shape index (κ3) is 11.5. The van der Waals surface area contributed by atoms with Crippen LogP contribution in [0.2, 0.25) is 0 Å². The topological polar surface area (TPSA) is 37.3 Å². The van der Waals surface area contributed by atoms with Gasteiger partial charge in [0.1, 0.15) is 5.60 Å². The third-order valence-electron chi connectivity index (χ3n) is 4.28. The zero-order chi connectivity index (χ0) is 15.3. The smallest absolute Gasteiger partial charge is 0.160 e. The lowest BCUT2D eigenvalue weighted by Crippen LogP contribution is -2.32. The minimum atomic E-state index is -1.10. The van der Waals surface area contributed by atoms with E-state index in [2.05, 4.69) is 6.92 Å². The lowest BCUT2D eigenvalue weighted by molar-refractivity contribution is -0.134. The molecule has 0 saturated carbocycles. The molecule has 0 aliphatic heterocycles. The molecule has 0 amide bonds. The fraction of sp³-hybridized carbons (Fsp3) is 0.944. The second-order valence-electron chi connectivity index (χ2n) is 6.47. The van der Waals surface area contributed by atoms with Crippen molar-refractivity contribution in [2.24, 2.45) is 0 Å². The second-order valence-corrected chi connectivity index (χ2v) is 6.47. The quantitative estimate of drug-likeness (QED) is 0.433. The van der Waals surface area contributed by atoms with E-state index >= 15 is 0 Å². The molecule has 0 spiro atoms. The molecular weight excluding hydrogens is 248 g/mol. The van der Waals surface area contributed by atoms with Gasteiger partial charge in [-0.25, -0.2) is 0 Å². The van der Waals surface area contributed by atoms with Crippen LogP contribution in [0.5, 0.6) is 0 Å². The maximum absolute atomic E-state index is 11.1. The zero-order valence-electron chi connectivity index (χ0n) is 14.0. The Bertz CT molecular complexity index is 234. The molecule has 0 aromatic rings. The first-order valence-corrected chi connectivity index (χ1v) is 8.74. The Labute approximate surface area is 126 Å². The van der Waals surface area contributed by atoms with Crippen molar-refractivity contribution in [3.8, 4) is 0 Å². The highest BCUT2D eigenvalue weighted by atomic mass is 16.3. The summed E-state index contributed by atoms with van der Waals surface area (Å²) in [7, 11) is 0. The predicted octanol–water partition coefficient (Wildman–Crippen LogP) is 5.42. The van der Waals surface area contributed by atoms with E-state index in [1.165, 1.54) is 71.1 Å². The molecule has 0 rings (SSSR count). The van der Waals surface area contributed by atoms with E-state index < -0.39 is 5.60 Å². The van der Waals surface area contributed by atoms with E-state index in [1.807, 2.05) is 0 Å². The number of hydrogen-bond donors (Lipinski definition) is 1. The summed E-state index contributed by atoms with van der Waals surface area (Å²) in [5, 5.41) is 9.80. The summed E-state index contributed by atoms with van der Waals surface area (Å²) in [5.41, 5.74) is -1.10. The number of rotatable bonds is 14. The number of aliphatic hydroxyl groups is 1. The number of unbranched alkanes of at least 4 members (excludes halogenated alkanes) is 11. The van der Waals surface area contributed by atoms with Crippen molar-refractivity contribution in [1.29, 1.82) is 0 Å². The van der Waals surface area contributed by atoms with Gasteiger partial charge in [0, 0.05) is 0 Å². The Hall–Kier alpha value is -0.370. The van der Waals surface area contributed by atoms with Gasteiger partial charge in [0.05, 0.1) is 0 Å². The fourth-order valence-corrected chi connectivity index (χ4v) is 2.49. The highest BCUT2D eigenvalue weighted by molar-refractivity contribution is 5.84. The van der Waals surface area contributed by atoms with Crippen molar-refractivity contribution in [3.63, 3.8) is 0 Å². The molecule has 1 atom stereocenters. The minimum absolute atomic E-state index is 0.111. The van der Waals surface area contributed by atoms with E-state index in [1.54, 1.807) is 6.92 Å². The Morgan fingerprint density at radius 1 is 0.800 bits per heavy atom. The molecule has 0 aromatic carbocycles. The van der Waals surface area contributed by atoms with Gasteiger partial charge in [-0.1, -0.05) is 84.0 Å². The van der Waals surface area contributed by atoms with E-state index in [0.717, 1.165) is 12.8 Å². The van der Waals surface area contributed by atoms with Crippen LogP contribution in [0.3, 0.4) is 0 Å². The van der Waals surface area contributed by atoms with Gasteiger partial charge in [0.2, 0.25) is 0 Å². The first-order chi connectivity index (χ1) is 9.50. The first-order valence-electron chi connectivity index (χ1n) is 8.74. The largest absolute Gasteiger partial charge is 0.382 e. The Morgan fingerprint density at radius 3 is 1.50 bits per heavy atom. The molecule has 0 saturated heterocycles. The van der Waals surface area contributed by atoms with Crippen molar-refractivity contribution in [2.45, 2.75) is 110 Å². The average molecular weight is 284 g/mol. The van der Waals surface area contributed by atoms with Crippen LogP contribution < -0.4 is 0 Å². The normalized spacial score (nSPS) is 14.2. The molecule has 0 aliphatic carbocycles. The van der Waals surface area contributed by atoms with Gasteiger partial charge < -0.3 is 5.11 Å². The summed E-state index contributed by atoms with van der Waals surface area (Å²) in [5.74, 6) is -0.111. The van der Waals surface area contributed by atoms with Crippen LogP contribution in [0.25, 0.3) is 0 Å². The molecule has 2 heteroatoms. The molecule has 20 heavy (non-hydrogen) atoms. The monoisotopic (exact) mass is 284 g/mol. The van der Waals surface area contributed by atoms with Crippen LogP contribution >= 0.6 is 0 Å². The van der Waals surface area contributed by atoms with Crippen LogP contribution in [0, 0.1) is 0 Å². The van der Waals surface area contributed by atoms with Gasteiger partial charge in [-0.15, -0.1) is 0 Å². The lowest BCUT2D eigenvalue weighted by Gasteiger charge is -2.19. The second kappa shape index (κ2) is 12.4. The van der Waals surface area contributed by atoms with Gasteiger partial charge in [0.25, 0.3) is 0 Å². The summed E-state index contributed by atoms with van der Waals surface area (Å²) < 4.78 is 0. The first kappa shape index (κ1) is 19.6. The zero-order valence-corrected chi connectivity index (χ0v) is 14.0. The average Bonchev–Trinajstić information content (AvgIpc) is 2.39. The molecule has 2 nitrogen and oxygen atoms in total. The van der Waals surface area contributed by atoms with E-state index in [4.69, 9.17) is 0 Å². The Kier molecular flexibility index (Phi) is 12.1. The minimum Gasteiger partial charge on any atom is -0.382 e. The third-order valence-corrected chi connectivity index (χ3v) is 4.28. The number of hydrogen-bond acceptors (Lipinski definition) is 2. The van der Waals surface area contributed by atoms with Crippen molar-refractivity contribution in [3.05, 3.63) is 0 Å². The molecule has 0 aromatic heterocycles. The summed E-state index contributed by atoms with van der Waals surface area (Å²) in [6.45, 7) is 5.37. The summed E-state index contributed by atoms with van der Waals surface area (Å²) in [6, 6.07) is 0. The molecule has 0 bridgehead atoms. The molecule has 120 valence electrons. The van der Waals surface area contributed by atoms with Crippen molar-refractivity contribution >= 4 is 5.78 Å². The van der Waals surface area contributed by atoms with Crippen LogP contribution in [0.1, 0.15) is 104 Å².